The monoisotopic (exact) mass is 436 g/mol. The van der Waals surface area contributed by atoms with Crippen LogP contribution in [0.4, 0.5) is 5.69 Å². The topological polar surface area (TPSA) is 92.8 Å². The molecule has 2 aromatic carbocycles. The van der Waals surface area contributed by atoms with E-state index in [0.29, 0.717) is 18.8 Å². The molecule has 0 atom stereocenters. The summed E-state index contributed by atoms with van der Waals surface area (Å²) in [6.07, 6.45) is 2.59. The number of benzene rings is 2. The zero-order valence-corrected chi connectivity index (χ0v) is 17.4. The van der Waals surface area contributed by atoms with Crippen LogP contribution in [0.15, 0.2) is 47.4 Å². The molecule has 1 amide bonds. The van der Waals surface area contributed by atoms with E-state index in [1.165, 1.54) is 41.7 Å². The molecule has 1 N–H and O–H groups in total. The SMILES string of the molecule is COC(=O)c1cc(NC(=O)c2ccccc2S(=O)(=O)N2CCCCC2)ccc1Cl. The molecule has 0 aromatic heterocycles. The lowest BCUT2D eigenvalue weighted by Gasteiger charge is -2.26. The number of halogens is 1. The van der Waals surface area contributed by atoms with Gasteiger partial charge in [-0.1, -0.05) is 30.2 Å². The first kappa shape index (κ1) is 21.3. The molecule has 29 heavy (non-hydrogen) atoms. The first-order valence-electron chi connectivity index (χ1n) is 9.13. The molecule has 154 valence electrons. The highest BCUT2D eigenvalue weighted by molar-refractivity contribution is 7.89. The number of nitrogens with zero attached hydrogens (tertiary/aromatic N) is 1. The maximum Gasteiger partial charge on any atom is 0.339 e. The number of amides is 1. The van der Waals surface area contributed by atoms with Crippen molar-refractivity contribution in [1.82, 2.24) is 4.31 Å². The second kappa shape index (κ2) is 8.94. The molecular formula is C20H21ClN2O5S. The number of hydrogen-bond acceptors (Lipinski definition) is 5. The first-order chi connectivity index (χ1) is 13.8. The Morgan fingerprint density at radius 1 is 1.03 bits per heavy atom. The second-order valence-corrected chi connectivity index (χ2v) is 8.91. The second-order valence-electron chi connectivity index (χ2n) is 6.60. The summed E-state index contributed by atoms with van der Waals surface area (Å²) in [7, 11) is -2.56. The molecule has 0 aliphatic carbocycles. The van der Waals surface area contributed by atoms with E-state index in [-0.39, 0.29) is 21.0 Å². The number of piperidine rings is 1. The normalized spacial score (nSPS) is 15.0. The van der Waals surface area contributed by atoms with Crippen molar-refractivity contribution < 1.29 is 22.7 Å². The highest BCUT2D eigenvalue weighted by Gasteiger charge is 2.29. The summed E-state index contributed by atoms with van der Waals surface area (Å²) in [6.45, 7) is 0.885. The van der Waals surface area contributed by atoms with Gasteiger partial charge in [0.05, 0.1) is 28.2 Å². The molecule has 0 radical (unpaired) electrons. The summed E-state index contributed by atoms with van der Waals surface area (Å²) in [5.41, 5.74) is 0.429. The van der Waals surface area contributed by atoms with E-state index < -0.39 is 21.9 Å². The number of rotatable bonds is 5. The first-order valence-corrected chi connectivity index (χ1v) is 10.9. The molecular weight excluding hydrogens is 416 g/mol. The van der Waals surface area contributed by atoms with Gasteiger partial charge in [0.15, 0.2) is 0 Å². The standard InChI is InChI=1S/C20H21ClN2O5S/c1-28-20(25)16-13-14(9-10-17(16)21)22-19(24)15-7-3-4-8-18(15)29(26,27)23-11-5-2-6-12-23/h3-4,7-10,13H,2,5-6,11-12H2,1H3,(H,22,24). The van der Waals surface area contributed by atoms with Crippen molar-refractivity contribution in [1.29, 1.82) is 0 Å². The van der Waals surface area contributed by atoms with Gasteiger partial charge in [-0.15, -0.1) is 0 Å². The van der Waals surface area contributed by atoms with E-state index in [1.54, 1.807) is 12.1 Å². The van der Waals surface area contributed by atoms with Gasteiger partial charge in [-0.25, -0.2) is 13.2 Å². The van der Waals surface area contributed by atoms with Crippen LogP contribution in [0.5, 0.6) is 0 Å². The molecule has 3 rings (SSSR count). The highest BCUT2D eigenvalue weighted by Crippen LogP contribution is 2.26. The van der Waals surface area contributed by atoms with Crippen LogP contribution in [0, 0.1) is 0 Å². The van der Waals surface area contributed by atoms with Crippen molar-refractivity contribution in [3.63, 3.8) is 0 Å². The van der Waals surface area contributed by atoms with Gasteiger partial charge in [-0.05, 0) is 43.2 Å². The van der Waals surface area contributed by atoms with Crippen LogP contribution >= 0.6 is 11.6 Å². The average molecular weight is 437 g/mol. The number of sulfonamides is 1. The van der Waals surface area contributed by atoms with Gasteiger partial charge in [0.1, 0.15) is 0 Å². The highest BCUT2D eigenvalue weighted by atomic mass is 35.5. The van der Waals surface area contributed by atoms with E-state index in [9.17, 15) is 18.0 Å². The van der Waals surface area contributed by atoms with Crippen molar-refractivity contribution in [2.75, 3.05) is 25.5 Å². The van der Waals surface area contributed by atoms with E-state index >= 15 is 0 Å². The van der Waals surface area contributed by atoms with Crippen LogP contribution in [0.1, 0.15) is 40.0 Å². The smallest absolute Gasteiger partial charge is 0.339 e. The van der Waals surface area contributed by atoms with Gasteiger partial charge in [0, 0.05) is 18.8 Å². The fourth-order valence-corrected chi connectivity index (χ4v) is 5.09. The van der Waals surface area contributed by atoms with Crippen molar-refractivity contribution in [2.45, 2.75) is 24.2 Å². The lowest BCUT2D eigenvalue weighted by molar-refractivity contribution is 0.0600. The van der Waals surface area contributed by atoms with E-state index in [0.717, 1.165) is 19.3 Å². The quantitative estimate of drug-likeness (QED) is 0.723. The van der Waals surface area contributed by atoms with Gasteiger partial charge < -0.3 is 10.1 Å². The van der Waals surface area contributed by atoms with Crippen LogP contribution in [0.3, 0.4) is 0 Å². The summed E-state index contributed by atoms with van der Waals surface area (Å²) >= 11 is 6.00. The Hall–Kier alpha value is -2.42. The molecule has 1 saturated heterocycles. The summed E-state index contributed by atoms with van der Waals surface area (Å²) in [5.74, 6) is -1.24. The van der Waals surface area contributed by atoms with Gasteiger partial charge in [0.25, 0.3) is 5.91 Å². The molecule has 1 fully saturated rings. The summed E-state index contributed by atoms with van der Waals surface area (Å²) in [4.78, 5) is 24.6. The fourth-order valence-electron chi connectivity index (χ4n) is 3.19. The summed E-state index contributed by atoms with van der Waals surface area (Å²) in [5, 5.41) is 2.82. The maximum absolute atomic E-state index is 13.1. The number of hydrogen-bond donors (Lipinski definition) is 1. The average Bonchev–Trinajstić information content (AvgIpc) is 2.75. The third kappa shape index (κ3) is 4.60. The molecule has 7 nitrogen and oxygen atoms in total. The third-order valence-corrected chi connectivity index (χ3v) is 6.98. The number of methoxy groups -OCH3 is 1. The van der Waals surface area contributed by atoms with Crippen LogP contribution in [0.25, 0.3) is 0 Å². The predicted octanol–water partition coefficient (Wildman–Crippen LogP) is 3.55. The summed E-state index contributed by atoms with van der Waals surface area (Å²) in [6, 6.07) is 10.4. The molecule has 1 heterocycles. The zero-order valence-electron chi connectivity index (χ0n) is 15.9. The van der Waals surface area contributed by atoms with Crippen LogP contribution in [-0.4, -0.2) is 44.8 Å². The molecule has 0 bridgehead atoms. The molecule has 2 aromatic rings. The number of anilines is 1. The number of esters is 1. The Morgan fingerprint density at radius 2 is 1.72 bits per heavy atom. The fraction of sp³-hybridized carbons (Fsp3) is 0.300. The van der Waals surface area contributed by atoms with Crippen molar-refractivity contribution in [2.24, 2.45) is 0 Å². The van der Waals surface area contributed by atoms with Crippen LogP contribution < -0.4 is 5.32 Å². The van der Waals surface area contributed by atoms with E-state index in [1.807, 2.05) is 0 Å². The molecule has 0 saturated carbocycles. The minimum Gasteiger partial charge on any atom is -0.465 e. The molecule has 0 spiro atoms. The number of ether oxygens (including phenoxy) is 1. The van der Waals surface area contributed by atoms with Gasteiger partial charge >= 0.3 is 5.97 Å². The molecule has 9 heteroatoms. The van der Waals surface area contributed by atoms with E-state index in [2.05, 4.69) is 10.1 Å². The maximum atomic E-state index is 13.1. The van der Waals surface area contributed by atoms with Gasteiger partial charge in [0.2, 0.25) is 10.0 Å². The minimum atomic E-state index is -3.78. The van der Waals surface area contributed by atoms with Crippen molar-refractivity contribution in [3.8, 4) is 0 Å². The van der Waals surface area contributed by atoms with E-state index in [4.69, 9.17) is 11.6 Å². The Balaban J connectivity index is 1.90. The zero-order chi connectivity index (χ0) is 21.0. The molecule has 1 aliphatic heterocycles. The Bertz CT molecular complexity index is 1030. The van der Waals surface area contributed by atoms with Gasteiger partial charge in [-0.3, -0.25) is 4.79 Å². The molecule has 1 aliphatic rings. The Kier molecular flexibility index (Phi) is 6.56. The number of nitrogens with one attached hydrogen (secondary N) is 1. The Morgan fingerprint density at radius 3 is 2.41 bits per heavy atom. The largest absolute Gasteiger partial charge is 0.465 e. The van der Waals surface area contributed by atoms with Gasteiger partial charge in [-0.2, -0.15) is 4.31 Å². The Labute approximate surface area is 174 Å². The molecule has 0 unspecified atom stereocenters. The third-order valence-electron chi connectivity index (χ3n) is 4.69. The number of carbonyl (C=O) groups is 2. The lowest BCUT2D eigenvalue weighted by atomic mass is 10.1. The minimum absolute atomic E-state index is 0.0349. The van der Waals surface area contributed by atoms with Crippen LogP contribution in [-0.2, 0) is 14.8 Å². The van der Waals surface area contributed by atoms with Crippen LogP contribution in [0.2, 0.25) is 5.02 Å². The van der Waals surface area contributed by atoms with Crippen molar-refractivity contribution in [3.05, 3.63) is 58.6 Å². The summed E-state index contributed by atoms with van der Waals surface area (Å²) < 4.78 is 32.2. The van der Waals surface area contributed by atoms with Crippen molar-refractivity contribution >= 4 is 39.2 Å². The predicted molar refractivity (Wildman–Crippen MR) is 110 cm³/mol. The number of carbonyl (C=O) groups excluding carboxylic acids is 2. The lowest BCUT2D eigenvalue weighted by Crippen LogP contribution is -2.36.